The van der Waals surface area contributed by atoms with Crippen LogP contribution in [0.5, 0.6) is 0 Å². The zero-order valence-corrected chi connectivity index (χ0v) is 10.3. The van der Waals surface area contributed by atoms with E-state index >= 15 is 0 Å². The van der Waals surface area contributed by atoms with E-state index in [-0.39, 0.29) is 22.9 Å². The monoisotopic (exact) mass is 214 g/mol. The van der Waals surface area contributed by atoms with Gasteiger partial charge in [0.05, 0.1) is 12.0 Å². The van der Waals surface area contributed by atoms with Gasteiger partial charge in [-0.1, -0.05) is 27.7 Å². The molecule has 0 heterocycles. The van der Waals surface area contributed by atoms with Crippen LogP contribution in [0.2, 0.25) is 0 Å². The molecule has 1 N–H and O–H groups in total. The third kappa shape index (κ3) is 2.33. The van der Waals surface area contributed by atoms with Crippen molar-refractivity contribution in [1.29, 1.82) is 0 Å². The zero-order chi connectivity index (χ0) is 11.9. The van der Waals surface area contributed by atoms with Gasteiger partial charge in [-0.25, -0.2) is 0 Å². The molecule has 3 nitrogen and oxygen atoms in total. The highest BCUT2D eigenvalue weighted by Gasteiger charge is 2.49. The summed E-state index contributed by atoms with van der Waals surface area (Å²) < 4.78 is 5.56. The average molecular weight is 214 g/mol. The van der Waals surface area contributed by atoms with Gasteiger partial charge in [-0.15, -0.1) is 0 Å². The first-order valence-corrected chi connectivity index (χ1v) is 5.46. The van der Waals surface area contributed by atoms with Crippen LogP contribution in [0.1, 0.15) is 40.5 Å². The molecule has 0 spiro atoms. The Morgan fingerprint density at radius 3 is 1.87 bits per heavy atom. The van der Waals surface area contributed by atoms with E-state index in [1.807, 2.05) is 0 Å². The van der Waals surface area contributed by atoms with Crippen molar-refractivity contribution in [2.45, 2.75) is 46.6 Å². The third-order valence-corrected chi connectivity index (χ3v) is 3.55. The Labute approximate surface area is 91.8 Å². The number of hydrogen-bond acceptors (Lipinski definition) is 2. The Bertz CT molecular complexity index is 238. The molecule has 88 valence electrons. The number of methoxy groups -OCH3 is 1. The summed E-state index contributed by atoms with van der Waals surface area (Å²) in [6.07, 6.45) is 1.52. The summed E-state index contributed by atoms with van der Waals surface area (Å²) in [4.78, 5) is 11.1. The molecule has 0 aromatic heterocycles. The topological polar surface area (TPSA) is 46.5 Å². The number of aliphatic carboxylic acids is 1. The van der Waals surface area contributed by atoms with E-state index in [2.05, 4.69) is 27.7 Å². The Kier molecular flexibility index (Phi) is 3.15. The summed E-state index contributed by atoms with van der Waals surface area (Å²) in [5, 5.41) is 9.12. The summed E-state index contributed by atoms with van der Waals surface area (Å²) in [5.41, 5.74) is -0.140. The van der Waals surface area contributed by atoms with E-state index < -0.39 is 5.97 Å². The predicted molar refractivity (Wildman–Crippen MR) is 58.7 cm³/mol. The van der Waals surface area contributed by atoms with Gasteiger partial charge in [0, 0.05) is 7.11 Å². The van der Waals surface area contributed by atoms with Crippen molar-refractivity contribution in [3.63, 3.8) is 0 Å². The molecule has 1 fully saturated rings. The quantitative estimate of drug-likeness (QED) is 0.768. The first-order chi connectivity index (χ1) is 6.70. The molecule has 3 heteroatoms. The van der Waals surface area contributed by atoms with Gasteiger partial charge >= 0.3 is 5.97 Å². The summed E-state index contributed by atoms with van der Waals surface area (Å²) in [6, 6.07) is 0. The molecular weight excluding hydrogens is 192 g/mol. The minimum atomic E-state index is -0.675. The van der Waals surface area contributed by atoms with Gasteiger partial charge in [0.25, 0.3) is 0 Å². The van der Waals surface area contributed by atoms with Crippen LogP contribution in [0.15, 0.2) is 0 Å². The van der Waals surface area contributed by atoms with Crippen molar-refractivity contribution in [3.05, 3.63) is 0 Å². The largest absolute Gasteiger partial charge is 0.481 e. The highest BCUT2D eigenvalue weighted by atomic mass is 16.5. The van der Waals surface area contributed by atoms with Crippen LogP contribution >= 0.6 is 0 Å². The van der Waals surface area contributed by atoms with Crippen LogP contribution in [0, 0.1) is 16.7 Å². The number of rotatable bonds is 2. The molecule has 15 heavy (non-hydrogen) atoms. The molecule has 1 aliphatic rings. The van der Waals surface area contributed by atoms with E-state index in [4.69, 9.17) is 9.84 Å². The number of carbonyl (C=O) groups is 1. The van der Waals surface area contributed by atoms with Crippen LogP contribution in [-0.4, -0.2) is 24.3 Å². The Morgan fingerprint density at radius 2 is 1.60 bits per heavy atom. The number of hydrogen-bond donors (Lipinski definition) is 1. The molecule has 0 saturated heterocycles. The lowest BCUT2D eigenvalue weighted by Crippen LogP contribution is -2.50. The Morgan fingerprint density at radius 1 is 1.20 bits per heavy atom. The Hall–Kier alpha value is -0.570. The van der Waals surface area contributed by atoms with Gasteiger partial charge in [0.2, 0.25) is 0 Å². The minimum absolute atomic E-state index is 0.0699. The smallest absolute Gasteiger partial charge is 0.306 e. The fourth-order valence-corrected chi connectivity index (χ4v) is 3.43. The highest BCUT2D eigenvalue weighted by molar-refractivity contribution is 5.70. The molecule has 0 amide bonds. The third-order valence-electron chi connectivity index (χ3n) is 3.55. The fraction of sp³-hybridized carbons (Fsp3) is 0.917. The first kappa shape index (κ1) is 12.5. The molecule has 1 aliphatic carbocycles. The maximum atomic E-state index is 11.1. The maximum absolute atomic E-state index is 11.1. The molecule has 0 aliphatic heterocycles. The first-order valence-electron chi connectivity index (χ1n) is 5.46. The van der Waals surface area contributed by atoms with Crippen molar-refractivity contribution in [2.75, 3.05) is 7.11 Å². The lowest BCUT2D eigenvalue weighted by molar-refractivity contribution is -0.158. The van der Waals surface area contributed by atoms with Gasteiger partial charge in [-0.2, -0.15) is 0 Å². The normalized spacial score (nSPS) is 33.7. The molecule has 0 atom stereocenters. The second-order valence-electron chi connectivity index (χ2n) is 6.04. The lowest BCUT2D eigenvalue weighted by atomic mass is 9.59. The number of ether oxygens (including phenoxy) is 1. The van der Waals surface area contributed by atoms with E-state index in [9.17, 15) is 4.79 Å². The number of carboxylic acid groups (broad SMARTS) is 1. The Balaban J connectivity index is 2.95. The SMILES string of the molecule is COC1C(C)(C)CC(C(=O)O)CC1(C)C. The van der Waals surface area contributed by atoms with Crippen molar-refractivity contribution in [1.82, 2.24) is 0 Å². The van der Waals surface area contributed by atoms with Crippen molar-refractivity contribution < 1.29 is 14.6 Å². The van der Waals surface area contributed by atoms with Gasteiger partial charge in [-0.05, 0) is 23.7 Å². The summed E-state index contributed by atoms with van der Waals surface area (Å²) in [7, 11) is 1.72. The summed E-state index contributed by atoms with van der Waals surface area (Å²) in [6.45, 7) is 8.38. The molecule has 1 rings (SSSR count). The van der Waals surface area contributed by atoms with Crippen molar-refractivity contribution in [2.24, 2.45) is 16.7 Å². The molecule has 0 unspecified atom stereocenters. The van der Waals surface area contributed by atoms with E-state index in [1.165, 1.54) is 0 Å². The highest BCUT2D eigenvalue weighted by Crippen LogP contribution is 2.49. The molecule has 0 bridgehead atoms. The maximum Gasteiger partial charge on any atom is 0.306 e. The summed E-state index contributed by atoms with van der Waals surface area (Å²) >= 11 is 0. The van der Waals surface area contributed by atoms with Gasteiger partial charge in [0.15, 0.2) is 0 Å². The van der Waals surface area contributed by atoms with Crippen LogP contribution in [-0.2, 0) is 9.53 Å². The second-order valence-corrected chi connectivity index (χ2v) is 6.04. The van der Waals surface area contributed by atoms with E-state index in [1.54, 1.807) is 7.11 Å². The fourth-order valence-electron chi connectivity index (χ4n) is 3.43. The predicted octanol–water partition coefficient (Wildman–Crippen LogP) is 2.55. The molecule has 1 saturated carbocycles. The zero-order valence-electron chi connectivity index (χ0n) is 10.3. The van der Waals surface area contributed by atoms with E-state index in [0.717, 1.165) is 0 Å². The minimum Gasteiger partial charge on any atom is -0.481 e. The standard InChI is InChI=1S/C12H22O3/c1-11(2)6-8(9(13)14)7-12(3,4)10(11)15-5/h8,10H,6-7H2,1-5H3,(H,13,14). The average Bonchev–Trinajstić information content (AvgIpc) is 1.99. The van der Waals surface area contributed by atoms with Crippen molar-refractivity contribution >= 4 is 5.97 Å². The second kappa shape index (κ2) is 3.78. The number of carboxylic acids is 1. The van der Waals surface area contributed by atoms with Gasteiger partial charge in [-0.3, -0.25) is 4.79 Å². The van der Waals surface area contributed by atoms with Gasteiger partial charge in [0.1, 0.15) is 0 Å². The van der Waals surface area contributed by atoms with Crippen molar-refractivity contribution in [3.8, 4) is 0 Å². The lowest BCUT2D eigenvalue weighted by Gasteiger charge is -2.50. The van der Waals surface area contributed by atoms with Crippen LogP contribution in [0.4, 0.5) is 0 Å². The van der Waals surface area contributed by atoms with Crippen LogP contribution < -0.4 is 0 Å². The van der Waals surface area contributed by atoms with Gasteiger partial charge < -0.3 is 9.84 Å². The van der Waals surface area contributed by atoms with E-state index in [0.29, 0.717) is 12.8 Å². The molecule has 0 aromatic carbocycles. The van der Waals surface area contributed by atoms with Crippen LogP contribution in [0.3, 0.4) is 0 Å². The molecular formula is C12H22O3. The summed E-state index contributed by atoms with van der Waals surface area (Å²) in [5.74, 6) is -0.910. The molecule has 0 radical (unpaired) electrons. The molecule has 0 aromatic rings. The van der Waals surface area contributed by atoms with Crippen LogP contribution in [0.25, 0.3) is 0 Å².